The molecule has 1 unspecified atom stereocenters. The Morgan fingerprint density at radius 2 is 0.750 bits per heavy atom. The fourth-order valence-electron chi connectivity index (χ4n) is 7.58. The van der Waals surface area contributed by atoms with Gasteiger partial charge in [-0.3, -0.25) is 4.79 Å². The van der Waals surface area contributed by atoms with Crippen LogP contribution in [0.3, 0.4) is 0 Å². The lowest BCUT2D eigenvalue weighted by Gasteiger charge is -2.24. The van der Waals surface area contributed by atoms with Crippen molar-refractivity contribution < 1.29 is 19.7 Å². The van der Waals surface area contributed by atoms with Gasteiger partial charge in [0.05, 0.1) is 19.3 Å². The summed E-state index contributed by atoms with van der Waals surface area (Å²) >= 11 is 0. The molecule has 52 heavy (non-hydrogen) atoms. The van der Waals surface area contributed by atoms with Crippen LogP contribution in [0.5, 0.6) is 0 Å². The second-order valence-electron chi connectivity index (χ2n) is 16.4. The molecule has 0 radical (unpaired) electrons. The highest BCUT2D eigenvalue weighted by Crippen LogP contribution is 2.17. The van der Waals surface area contributed by atoms with E-state index in [0.29, 0.717) is 13.0 Å². The normalized spacial score (nSPS) is 12.2. The molecule has 312 valence electrons. The fourth-order valence-corrected chi connectivity index (χ4v) is 7.58. The van der Waals surface area contributed by atoms with Gasteiger partial charge in [-0.05, 0) is 12.8 Å². The van der Waals surface area contributed by atoms with E-state index in [1.54, 1.807) is 4.90 Å². The fraction of sp³-hybridized carbons (Fsp3) is 0.979. The first kappa shape index (κ1) is 51.4. The van der Waals surface area contributed by atoms with Gasteiger partial charge in [0.25, 0.3) is 0 Å². The Morgan fingerprint density at radius 1 is 0.462 bits per heavy atom. The number of carbonyl (C=O) groups is 1. The molecule has 0 aliphatic rings. The van der Waals surface area contributed by atoms with Gasteiger partial charge in [0.1, 0.15) is 0 Å². The van der Waals surface area contributed by atoms with E-state index in [-0.39, 0.29) is 32.2 Å². The van der Waals surface area contributed by atoms with Crippen molar-refractivity contribution in [2.45, 2.75) is 264 Å². The van der Waals surface area contributed by atoms with E-state index in [4.69, 9.17) is 4.74 Å². The van der Waals surface area contributed by atoms with Crippen LogP contribution in [0.15, 0.2) is 0 Å². The summed E-state index contributed by atoms with van der Waals surface area (Å²) in [5, 5.41) is 19.9. The van der Waals surface area contributed by atoms with Crippen LogP contribution in [-0.2, 0) is 9.53 Å². The number of amides is 1. The second kappa shape index (κ2) is 44.7. The third-order valence-corrected chi connectivity index (χ3v) is 11.1. The molecule has 0 saturated carbocycles. The first-order valence-electron chi connectivity index (χ1n) is 23.8. The Morgan fingerprint density at radius 3 is 1.06 bits per heavy atom. The number of aliphatic hydroxyl groups is 2. The number of carbonyl (C=O) groups excluding carboxylic acids is 1. The van der Waals surface area contributed by atoms with E-state index in [0.717, 1.165) is 19.3 Å². The van der Waals surface area contributed by atoms with Crippen LogP contribution in [0.1, 0.15) is 258 Å². The van der Waals surface area contributed by atoms with E-state index in [2.05, 4.69) is 13.8 Å². The number of hydrogen-bond donors (Lipinski definition) is 2. The lowest BCUT2D eigenvalue weighted by atomic mass is 10.0. The number of unbranched alkanes of at least 4 members (excludes halogenated alkanes) is 35. The van der Waals surface area contributed by atoms with Crippen molar-refractivity contribution in [3.63, 3.8) is 0 Å². The standard InChI is InChI=1S/C47H95NO4/c1-3-5-7-9-11-13-15-17-18-19-20-21-22-23-24-25-26-27-29-31-33-35-37-39-43-52-45-46(50)44-48(41-42-49)47(51)40-38-36-34-32-30-28-16-14-12-10-8-6-4-2/h46,49-50H,3-45H2,1-2H3. The highest BCUT2D eigenvalue weighted by molar-refractivity contribution is 5.76. The van der Waals surface area contributed by atoms with Gasteiger partial charge >= 0.3 is 0 Å². The SMILES string of the molecule is CCCCCCCCCCCCCCCCCCCCCCCCCCOCC(O)CN(CCO)C(=O)CCCCCCCCCCCCCCC. The highest BCUT2D eigenvalue weighted by atomic mass is 16.5. The Kier molecular flexibility index (Phi) is 44.2. The molecule has 1 amide bonds. The Hall–Kier alpha value is -0.650. The molecule has 0 bridgehead atoms. The van der Waals surface area contributed by atoms with E-state index in [9.17, 15) is 15.0 Å². The third-order valence-electron chi connectivity index (χ3n) is 11.1. The van der Waals surface area contributed by atoms with Crippen LogP contribution in [-0.4, -0.2) is 60.0 Å². The zero-order valence-corrected chi connectivity index (χ0v) is 35.6. The van der Waals surface area contributed by atoms with Crippen LogP contribution in [0, 0.1) is 0 Å². The quantitative estimate of drug-likeness (QED) is 0.0611. The molecule has 0 aromatic carbocycles. The molecule has 5 nitrogen and oxygen atoms in total. The molecule has 0 aromatic heterocycles. The zero-order chi connectivity index (χ0) is 37.8. The molecule has 0 fully saturated rings. The largest absolute Gasteiger partial charge is 0.395 e. The molecule has 1 atom stereocenters. The maximum atomic E-state index is 12.7. The van der Waals surface area contributed by atoms with Gasteiger partial charge in [0, 0.05) is 26.1 Å². The van der Waals surface area contributed by atoms with Gasteiger partial charge < -0.3 is 19.8 Å². The second-order valence-corrected chi connectivity index (χ2v) is 16.4. The van der Waals surface area contributed by atoms with Gasteiger partial charge in [-0.15, -0.1) is 0 Å². The van der Waals surface area contributed by atoms with Crippen LogP contribution in [0.25, 0.3) is 0 Å². The summed E-state index contributed by atoms with van der Waals surface area (Å²) in [5.41, 5.74) is 0. The van der Waals surface area contributed by atoms with Crippen molar-refractivity contribution in [1.82, 2.24) is 4.90 Å². The van der Waals surface area contributed by atoms with E-state index in [1.165, 1.54) is 218 Å². The molecule has 0 spiro atoms. The molecular formula is C47H95NO4. The molecule has 0 heterocycles. The van der Waals surface area contributed by atoms with Crippen molar-refractivity contribution in [3.05, 3.63) is 0 Å². The van der Waals surface area contributed by atoms with Gasteiger partial charge in [-0.25, -0.2) is 0 Å². The maximum Gasteiger partial charge on any atom is 0.222 e. The third kappa shape index (κ3) is 40.5. The number of ether oxygens (including phenoxy) is 1. The minimum atomic E-state index is -0.698. The molecule has 2 N–H and O–H groups in total. The summed E-state index contributed by atoms with van der Waals surface area (Å²) in [5.74, 6) is 0.0428. The summed E-state index contributed by atoms with van der Waals surface area (Å²) in [6.07, 6.45) is 50.0. The van der Waals surface area contributed by atoms with Gasteiger partial charge in [-0.1, -0.05) is 239 Å². The van der Waals surface area contributed by atoms with Crippen LogP contribution in [0.4, 0.5) is 0 Å². The Labute approximate surface area is 326 Å². The molecular weight excluding hydrogens is 643 g/mol. The maximum absolute atomic E-state index is 12.7. The van der Waals surface area contributed by atoms with Crippen molar-refractivity contribution >= 4 is 5.91 Å². The van der Waals surface area contributed by atoms with Crippen LogP contribution < -0.4 is 0 Å². The lowest BCUT2D eigenvalue weighted by Crippen LogP contribution is -2.40. The average Bonchev–Trinajstić information content (AvgIpc) is 3.14. The number of aliphatic hydroxyl groups excluding tert-OH is 2. The number of rotatable bonds is 45. The van der Waals surface area contributed by atoms with Gasteiger partial charge in [-0.2, -0.15) is 0 Å². The number of nitrogens with zero attached hydrogens (tertiary/aromatic N) is 1. The average molecular weight is 738 g/mol. The molecule has 0 aliphatic heterocycles. The predicted molar refractivity (Wildman–Crippen MR) is 227 cm³/mol. The van der Waals surface area contributed by atoms with E-state index in [1.807, 2.05) is 0 Å². The highest BCUT2D eigenvalue weighted by Gasteiger charge is 2.17. The molecule has 5 heteroatoms. The van der Waals surface area contributed by atoms with E-state index >= 15 is 0 Å². The monoisotopic (exact) mass is 738 g/mol. The minimum absolute atomic E-state index is 0.0428. The Bertz CT molecular complexity index is 674. The van der Waals surface area contributed by atoms with Crippen molar-refractivity contribution in [2.75, 3.05) is 32.9 Å². The Balaban J connectivity index is 3.48. The van der Waals surface area contributed by atoms with Crippen LogP contribution in [0.2, 0.25) is 0 Å². The van der Waals surface area contributed by atoms with E-state index < -0.39 is 6.10 Å². The van der Waals surface area contributed by atoms with Gasteiger partial charge in [0.2, 0.25) is 5.91 Å². The summed E-state index contributed by atoms with van der Waals surface area (Å²) in [4.78, 5) is 14.3. The first-order valence-corrected chi connectivity index (χ1v) is 23.8. The predicted octanol–water partition coefficient (Wildman–Crippen LogP) is 14.0. The van der Waals surface area contributed by atoms with Crippen molar-refractivity contribution in [1.29, 1.82) is 0 Å². The lowest BCUT2D eigenvalue weighted by molar-refractivity contribution is -0.134. The molecule has 0 saturated heterocycles. The summed E-state index contributed by atoms with van der Waals surface area (Å²) in [7, 11) is 0. The zero-order valence-electron chi connectivity index (χ0n) is 35.6. The minimum Gasteiger partial charge on any atom is -0.395 e. The smallest absolute Gasteiger partial charge is 0.222 e. The summed E-state index contributed by atoms with van der Waals surface area (Å²) < 4.78 is 5.74. The summed E-state index contributed by atoms with van der Waals surface area (Å²) in [6.45, 7) is 5.96. The van der Waals surface area contributed by atoms with Crippen molar-refractivity contribution in [3.8, 4) is 0 Å². The first-order chi connectivity index (χ1) is 25.7. The topological polar surface area (TPSA) is 70.0 Å². The van der Waals surface area contributed by atoms with Crippen LogP contribution >= 0.6 is 0 Å². The van der Waals surface area contributed by atoms with Crippen molar-refractivity contribution in [2.24, 2.45) is 0 Å². The number of hydrogen-bond acceptors (Lipinski definition) is 4. The molecule has 0 rings (SSSR count). The molecule has 0 aliphatic carbocycles. The molecule has 0 aromatic rings. The van der Waals surface area contributed by atoms with Gasteiger partial charge in [0.15, 0.2) is 0 Å². The summed E-state index contributed by atoms with van der Waals surface area (Å²) in [6, 6.07) is 0.